The number of hydrogen-bond acceptors (Lipinski definition) is 0. The van der Waals surface area contributed by atoms with Gasteiger partial charge in [0.1, 0.15) is 0 Å². The summed E-state index contributed by atoms with van der Waals surface area (Å²) < 4.78 is 2.44. The second-order valence-corrected chi connectivity index (χ2v) is 9.93. The molecule has 0 aliphatic rings. The van der Waals surface area contributed by atoms with E-state index in [0.717, 1.165) is 5.02 Å². The molecule has 19 heavy (non-hydrogen) atoms. The Morgan fingerprint density at radius 3 is 2.42 bits per heavy atom. The first-order valence-corrected chi connectivity index (χ1v) is 9.74. The van der Waals surface area contributed by atoms with Crippen molar-refractivity contribution in [2.75, 3.05) is 0 Å². The van der Waals surface area contributed by atoms with E-state index in [2.05, 4.69) is 66.0 Å². The summed E-state index contributed by atoms with van der Waals surface area (Å²) in [5, 5.41) is 3.44. The fourth-order valence-corrected chi connectivity index (χ4v) is 5.31. The van der Waals surface area contributed by atoms with E-state index in [1.807, 2.05) is 12.1 Å². The molecule has 1 heterocycles. The number of hydrogen-bond donors (Lipinski definition) is 0. The smallest absolute Gasteiger partial charge is 0.187 e. The molecule has 0 saturated carbocycles. The molecule has 0 spiro atoms. The van der Waals surface area contributed by atoms with Gasteiger partial charge in [0.15, 0.2) is 8.24 Å². The van der Waals surface area contributed by atoms with Crippen LogP contribution < -0.4 is 5.19 Å². The molecule has 0 radical (unpaired) electrons. The Labute approximate surface area is 119 Å². The number of nitrogens with zero attached hydrogens (tertiary/aromatic N) is 1. The molecular weight excluding hydrogens is 270 g/mol. The molecule has 3 rings (SSSR count). The average Bonchev–Trinajstić information content (AvgIpc) is 2.83. The molecule has 96 valence electrons. The van der Waals surface area contributed by atoms with E-state index in [-0.39, 0.29) is 0 Å². The van der Waals surface area contributed by atoms with Gasteiger partial charge in [-0.25, -0.2) is 0 Å². The van der Waals surface area contributed by atoms with Gasteiger partial charge in [-0.2, -0.15) is 0 Å². The third kappa shape index (κ3) is 2.11. The molecule has 1 aromatic heterocycles. The van der Waals surface area contributed by atoms with E-state index in [4.69, 9.17) is 11.6 Å². The third-order valence-corrected chi connectivity index (χ3v) is 7.31. The Balaban J connectivity index is 2.19. The predicted octanol–water partition coefficient (Wildman–Crippen LogP) is 4.26. The van der Waals surface area contributed by atoms with Crippen molar-refractivity contribution in [1.82, 2.24) is 4.23 Å². The van der Waals surface area contributed by atoms with Gasteiger partial charge in [0.05, 0.1) is 0 Å². The molecule has 0 fully saturated rings. The van der Waals surface area contributed by atoms with E-state index in [1.165, 1.54) is 16.1 Å². The van der Waals surface area contributed by atoms with Crippen LogP contribution in [-0.2, 0) is 0 Å². The Bertz CT molecular complexity index is 716. The second-order valence-electron chi connectivity index (χ2n) is 5.31. The van der Waals surface area contributed by atoms with Crippen molar-refractivity contribution in [1.29, 1.82) is 0 Å². The van der Waals surface area contributed by atoms with Gasteiger partial charge in [-0.1, -0.05) is 41.9 Å². The van der Waals surface area contributed by atoms with Crippen LogP contribution in [0, 0.1) is 0 Å². The first-order chi connectivity index (χ1) is 9.09. The highest BCUT2D eigenvalue weighted by atomic mass is 35.5. The lowest BCUT2D eigenvalue weighted by atomic mass is 10.2. The van der Waals surface area contributed by atoms with Gasteiger partial charge in [0.2, 0.25) is 0 Å². The highest BCUT2D eigenvalue weighted by molar-refractivity contribution is 6.89. The van der Waals surface area contributed by atoms with Gasteiger partial charge in [0, 0.05) is 15.9 Å². The lowest BCUT2D eigenvalue weighted by Gasteiger charge is -2.26. The maximum atomic E-state index is 6.06. The minimum atomic E-state index is -1.71. The van der Waals surface area contributed by atoms with Gasteiger partial charge in [-0.05, 0) is 48.7 Å². The first-order valence-electron chi connectivity index (χ1n) is 6.42. The number of benzene rings is 2. The van der Waals surface area contributed by atoms with Crippen molar-refractivity contribution < 1.29 is 0 Å². The minimum Gasteiger partial charge on any atom is -0.370 e. The van der Waals surface area contributed by atoms with Crippen molar-refractivity contribution in [2.45, 2.75) is 13.1 Å². The van der Waals surface area contributed by atoms with Crippen molar-refractivity contribution in [3.63, 3.8) is 0 Å². The summed E-state index contributed by atoms with van der Waals surface area (Å²) >= 11 is 6.06. The molecule has 2 aromatic carbocycles. The van der Waals surface area contributed by atoms with E-state index in [9.17, 15) is 0 Å². The van der Waals surface area contributed by atoms with Gasteiger partial charge in [-0.3, -0.25) is 0 Å². The Morgan fingerprint density at radius 2 is 1.68 bits per heavy atom. The van der Waals surface area contributed by atoms with Gasteiger partial charge >= 0.3 is 0 Å². The molecule has 0 aliphatic heterocycles. The van der Waals surface area contributed by atoms with Gasteiger partial charge in [0.25, 0.3) is 0 Å². The monoisotopic (exact) mass is 285 g/mol. The van der Waals surface area contributed by atoms with E-state index in [0.29, 0.717) is 0 Å². The van der Waals surface area contributed by atoms with E-state index >= 15 is 0 Å². The first kappa shape index (κ1) is 12.5. The SMILES string of the molecule is C[Si](C)(c1ccccc1)n1ccc2cc(Cl)ccc21. The average molecular weight is 286 g/mol. The van der Waals surface area contributed by atoms with Crippen LogP contribution in [0.15, 0.2) is 60.8 Å². The van der Waals surface area contributed by atoms with E-state index < -0.39 is 8.24 Å². The summed E-state index contributed by atoms with van der Waals surface area (Å²) in [7, 11) is -1.71. The third-order valence-electron chi connectivity index (χ3n) is 3.73. The normalized spacial score (nSPS) is 11.9. The molecule has 3 heteroatoms. The lowest BCUT2D eigenvalue weighted by Crippen LogP contribution is -2.48. The summed E-state index contributed by atoms with van der Waals surface area (Å²) in [5.74, 6) is 0. The van der Waals surface area contributed by atoms with Crippen LogP contribution in [0.3, 0.4) is 0 Å². The maximum absolute atomic E-state index is 6.06. The van der Waals surface area contributed by atoms with Gasteiger partial charge < -0.3 is 4.23 Å². The number of halogens is 1. The fraction of sp³-hybridized carbons (Fsp3) is 0.125. The summed E-state index contributed by atoms with van der Waals surface area (Å²) in [6.07, 6.45) is 2.19. The van der Waals surface area contributed by atoms with Crippen LogP contribution in [0.25, 0.3) is 10.9 Å². The molecular formula is C16H16ClNSi. The zero-order valence-electron chi connectivity index (χ0n) is 11.1. The summed E-state index contributed by atoms with van der Waals surface area (Å²) in [5.41, 5.74) is 1.27. The van der Waals surface area contributed by atoms with Crippen LogP contribution in [0.1, 0.15) is 0 Å². The number of rotatable bonds is 2. The molecule has 0 unspecified atom stereocenters. The second kappa shape index (κ2) is 4.55. The Hall–Kier alpha value is -1.51. The zero-order chi connectivity index (χ0) is 13.5. The van der Waals surface area contributed by atoms with Crippen LogP contribution in [0.4, 0.5) is 0 Å². The summed E-state index contributed by atoms with van der Waals surface area (Å²) in [6, 6.07) is 19.0. The van der Waals surface area contributed by atoms with Crippen LogP contribution >= 0.6 is 11.6 Å². The predicted molar refractivity (Wildman–Crippen MR) is 85.9 cm³/mol. The highest BCUT2D eigenvalue weighted by Crippen LogP contribution is 2.23. The lowest BCUT2D eigenvalue weighted by molar-refractivity contribution is 1.22. The van der Waals surface area contributed by atoms with Crippen molar-refractivity contribution >= 4 is 35.9 Å². The highest BCUT2D eigenvalue weighted by Gasteiger charge is 2.26. The maximum Gasteiger partial charge on any atom is 0.187 e. The molecule has 0 saturated heterocycles. The Kier molecular flexibility index (Phi) is 3.00. The fourth-order valence-electron chi connectivity index (χ4n) is 2.59. The molecule has 0 N–H and O–H groups in total. The molecule has 0 atom stereocenters. The molecule has 1 nitrogen and oxygen atoms in total. The summed E-state index contributed by atoms with van der Waals surface area (Å²) in [4.78, 5) is 0. The van der Waals surface area contributed by atoms with Crippen molar-refractivity contribution in [3.8, 4) is 0 Å². The standard InChI is InChI=1S/C16H16ClNSi/c1-19(2,15-6-4-3-5-7-15)18-11-10-13-12-14(17)8-9-16(13)18/h3-12H,1-2H3. The number of fused-ring (bicyclic) bond motifs is 1. The van der Waals surface area contributed by atoms with Gasteiger partial charge in [-0.15, -0.1) is 0 Å². The summed E-state index contributed by atoms with van der Waals surface area (Å²) in [6.45, 7) is 4.74. The molecule has 0 bridgehead atoms. The van der Waals surface area contributed by atoms with Crippen LogP contribution in [-0.4, -0.2) is 12.5 Å². The topological polar surface area (TPSA) is 4.93 Å². The van der Waals surface area contributed by atoms with Crippen LogP contribution in [0.5, 0.6) is 0 Å². The molecule has 0 amide bonds. The minimum absolute atomic E-state index is 0.796. The number of aromatic nitrogens is 1. The van der Waals surface area contributed by atoms with E-state index in [1.54, 1.807) is 0 Å². The molecule has 3 aromatic rings. The zero-order valence-corrected chi connectivity index (χ0v) is 12.9. The van der Waals surface area contributed by atoms with Crippen molar-refractivity contribution in [3.05, 3.63) is 65.8 Å². The van der Waals surface area contributed by atoms with Crippen LogP contribution in [0.2, 0.25) is 18.1 Å². The largest absolute Gasteiger partial charge is 0.370 e. The Morgan fingerprint density at radius 1 is 0.947 bits per heavy atom. The quantitative estimate of drug-likeness (QED) is 0.620. The van der Waals surface area contributed by atoms with Crippen molar-refractivity contribution in [2.24, 2.45) is 0 Å². The molecule has 0 aliphatic carbocycles.